The summed E-state index contributed by atoms with van der Waals surface area (Å²) in [4.78, 5) is 16.0. The molecule has 1 fully saturated rings. The molecule has 1 aliphatic rings. The Labute approximate surface area is 185 Å². The molecule has 5 rings (SSSR count). The number of anilines is 1. The molecule has 8 heteroatoms. The van der Waals surface area contributed by atoms with Gasteiger partial charge in [0.1, 0.15) is 5.82 Å². The molecule has 1 aliphatic heterocycles. The van der Waals surface area contributed by atoms with Gasteiger partial charge < -0.3 is 10.6 Å². The van der Waals surface area contributed by atoms with Crippen molar-refractivity contribution in [1.82, 2.24) is 24.7 Å². The van der Waals surface area contributed by atoms with E-state index in [2.05, 4.69) is 33.0 Å². The highest BCUT2D eigenvalue weighted by molar-refractivity contribution is 6.33. The van der Waals surface area contributed by atoms with Crippen LogP contribution in [-0.4, -0.2) is 43.9 Å². The number of hydrogen-bond acceptors (Lipinski definition) is 6. The fraction of sp³-hybridized carbons (Fsp3) is 0.304. The second-order valence-corrected chi connectivity index (χ2v) is 8.35. The van der Waals surface area contributed by atoms with Gasteiger partial charge in [0.05, 0.1) is 22.4 Å². The van der Waals surface area contributed by atoms with Crippen molar-refractivity contribution in [1.29, 1.82) is 0 Å². The van der Waals surface area contributed by atoms with E-state index in [1.165, 1.54) is 5.56 Å². The van der Waals surface area contributed by atoms with Crippen LogP contribution in [0.4, 0.5) is 5.82 Å². The number of aryl methyl sites for hydroxylation is 1. The van der Waals surface area contributed by atoms with Gasteiger partial charge in [0.15, 0.2) is 5.82 Å². The fourth-order valence-electron chi connectivity index (χ4n) is 4.05. The van der Waals surface area contributed by atoms with Crippen LogP contribution in [0.2, 0.25) is 5.02 Å². The Hall–Kier alpha value is -3.03. The molecule has 1 saturated heterocycles. The summed E-state index contributed by atoms with van der Waals surface area (Å²) in [7, 11) is 0. The van der Waals surface area contributed by atoms with E-state index in [1.807, 2.05) is 41.5 Å². The topological polar surface area (TPSA) is 85.8 Å². The lowest BCUT2D eigenvalue weighted by Gasteiger charge is -2.32. The lowest BCUT2D eigenvalue weighted by atomic mass is 10.1. The zero-order valence-corrected chi connectivity index (χ0v) is 18.1. The van der Waals surface area contributed by atoms with Gasteiger partial charge in [-0.1, -0.05) is 18.5 Å². The van der Waals surface area contributed by atoms with Gasteiger partial charge in [0.25, 0.3) is 0 Å². The number of aromatic nitrogens is 5. The maximum absolute atomic E-state index is 6.50. The highest BCUT2D eigenvalue weighted by Gasteiger charge is 2.21. The van der Waals surface area contributed by atoms with Crippen LogP contribution in [0.25, 0.3) is 28.0 Å². The molecule has 4 aromatic rings. The summed E-state index contributed by atoms with van der Waals surface area (Å²) >= 11 is 6.50. The molecule has 7 nitrogen and oxygen atoms in total. The lowest BCUT2D eigenvalue weighted by Crippen LogP contribution is -2.43. The minimum atomic E-state index is 0.141. The largest absolute Gasteiger partial charge is 0.354 e. The molecule has 0 radical (unpaired) electrons. The Morgan fingerprint density at radius 3 is 2.90 bits per heavy atom. The van der Waals surface area contributed by atoms with Gasteiger partial charge in [-0.05, 0) is 49.1 Å². The molecule has 158 valence electrons. The van der Waals surface area contributed by atoms with Crippen molar-refractivity contribution in [2.24, 2.45) is 5.73 Å². The van der Waals surface area contributed by atoms with Crippen LogP contribution in [0, 0.1) is 0 Å². The molecular formula is C23H24ClN7. The van der Waals surface area contributed by atoms with Crippen molar-refractivity contribution in [2.45, 2.75) is 32.2 Å². The predicted octanol–water partition coefficient (Wildman–Crippen LogP) is 4.02. The van der Waals surface area contributed by atoms with Gasteiger partial charge in [0.2, 0.25) is 0 Å². The van der Waals surface area contributed by atoms with Crippen LogP contribution in [0.5, 0.6) is 0 Å². The van der Waals surface area contributed by atoms with E-state index in [0.717, 1.165) is 60.3 Å². The number of nitrogens with zero attached hydrogens (tertiary/aromatic N) is 6. The number of pyridine rings is 3. The summed E-state index contributed by atoms with van der Waals surface area (Å²) in [5, 5.41) is 6.15. The van der Waals surface area contributed by atoms with Crippen LogP contribution >= 0.6 is 11.6 Å². The van der Waals surface area contributed by atoms with E-state index < -0.39 is 0 Å². The first kappa shape index (κ1) is 19.9. The molecule has 1 atom stereocenters. The lowest BCUT2D eigenvalue weighted by molar-refractivity contribution is 0.503. The molecule has 0 bridgehead atoms. The van der Waals surface area contributed by atoms with E-state index in [1.54, 1.807) is 6.20 Å². The van der Waals surface area contributed by atoms with Crippen molar-refractivity contribution >= 4 is 28.3 Å². The summed E-state index contributed by atoms with van der Waals surface area (Å²) < 4.78 is 1.83. The molecule has 0 aliphatic carbocycles. The average molecular weight is 434 g/mol. The van der Waals surface area contributed by atoms with Crippen molar-refractivity contribution < 1.29 is 0 Å². The summed E-state index contributed by atoms with van der Waals surface area (Å²) in [5.74, 6) is 1.47. The second kappa shape index (κ2) is 8.24. The van der Waals surface area contributed by atoms with Gasteiger partial charge in [-0.3, -0.25) is 9.97 Å². The molecular weight excluding hydrogens is 410 g/mol. The Bertz CT molecular complexity index is 1240. The van der Waals surface area contributed by atoms with Crippen LogP contribution in [0.1, 0.15) is 25.3 Å². The second-order valence-electron chi connectivity index (χ2n) is 7.94. The Morgan fingerprint density at radius 2 is 2.06 bits per heavy atom. The van der Waals surface area contributed by atoms with E-state index >= 15 is 0 Å². The molecule has 0 saturated carbocycles. The first-order valence-corrected chi connectivity index (χ1v) is 11.0. The minimum absolute atomic E-state index is 0.141. The summed E-state index contributed by atoms with van der Waals surface area (Å²) in [5.41, 5.74) is 10.1. The van der Waals surface area contributed by atoms with Crippen LogP contribution in [0.15, 0.2) is 49.1 Å². The van der Waals surface area contributed by atoms with Gasteiger partial charge >= 0.3 is 0 Å². The number of fused-ring (bicyclic) bond motifs is 1. The van der Waals surface area contributed by atoms with Gasteiger partial charge in [0, 0.05) is 48.7 Å². The molecule has 1 unspecified atom stereocenters. The fourth-order valence-corrected chi connectivity index (χ4v) is 4.27. The molecule has 4 aromatic heterocycles. The number of hydrogen-bond donors (Lipinski definition) is 1. The molecule has 0 spiro atoms. The van der Waals surface area contributed by atoms with Crippen molar-refractivity contribution in [2.75, 3.05) is 18.0 Å². The Morgan fingerprint density at radius 1 is 1.16 bits per heavy atom. The van der Waals surface area contributed by atoms with Crippen molar-refractivity contribution in [3.8, 4) is 17.1 Å². The monoisotopic (exact) mass is 433 g/mol. The molecule has 0 amide bonds. The number of nitrogens with two attached hydrogens (primary N) is 1. The third kappa shape index (κ3) is 3.86. The third-order valence-corrected chi connectivity index (χ3v) is 6.03. The number of halogens is 1. The zero-order chi connectivity index (χ0) is 21.4. The first-order valence-electron chi connectivity index (χ1n) is 10.6. The summed E-state index contributed by atoms with van der Waals surface area (Å²) in [6.45, 7) is 3.77. The smallest absolute Gasteiger partial charge is 0.156 e. The molecule has 5 heterocycles. The van der Waals surface area contributed by atoms with E-state index in [0.29, 0.717) is 10.8 Å². The minimum Gasteiger partial charge on any atom is -0.354 e. The summed E-state index contributed by atoms with van der Waals surface area (Å²) in [6.07, 6.45) is 10.4. The highest BCUT2D eigenvalue weighted by atomic mass is 35.5. The van der Waals surface area contributed by atoms with Gasteiger partial charge in [-0.15, -0.1) is 0 Å². The SMILES string of the molecule is CCc1cncc(-c2cc3c(cn2)cnn3-c2ccc(Cl)c(N3CCCC(N)C3)n2)c1. The van der Waals surface area contributed by atoms with E-state index in [4.69, 9.17) is 22.3 Å². The predicted molar refractivity (Wildman–Crippen MR) is 124 cm³/mol. The Kier molecular flexibility index (Phi) is 5.29. The highest BCUT2D eigenvalue weighted by Crippen LogP contribution is 2.29. The van der Waals surface area contributed by atoms with Crippen LogP contribution in [-0.2, 0) is 6.42 Å². The summed E-state index contributed by atoms with van der Waals surface area (Å²) in [6, 6.07) is 8.07. The van der Waals surface area contributed by atoms with Gasteiger partial charge in [-0.25, -0.2) is 9.67 Å². The Balaban J connectivity index is 1.56. The number of rotatable bonds is 4. The maximum atomic E-state index is 6.50. The third-order valence-electron chi connectivity index (χ3n) is 5.74. The van der Waals surface area contributed by atoms with Gasteiger partial charge in [-0.2, -0.15) is 5.10 Å². The molecule has 0 aromatic carbocycles. The standard InChI is InChI=1S/C23H24ClN7/c1-2-15-8-16(11-26-10-15)20-9-21-17(12-27-20)13-28-31(21)22-6-5-19(24)23(29-22)30-7-3-4-18(25)14-30/h5-6,8-13,18H,2-4,7,14,25H2,1H3. The quantitative estimate of drug-likeness (QED) is 0.523. The van der Waals surface area contributed by atoms with Crippen LogP contribution in [0.3, 0.4) is 0 Å². The first-order chi connectivity index (χ1) is 15.1. The zero-order valence-electron chi connectivity index (χ0n) is 17.4. The van der Waals surface area contributed by atoms with Crippen molar-refractivity contribution in [3.05, 3.63) is 59.6 Å². The van der Waals surface area contributed by atoms with Crippen LogP contribution < -0.4 is 10.6 Å². The molecule has 31 heavy (non-hydrogen) atoms. The van der Waals surface area contributed by atoms with E-state index in [-0.39, 0.29) is 6.04 Å². The van der Waals surface area contributed by atoms with E-state index in [9.17, 15) is 0 Å². The average Bonchev–Trinajstić information content (AvgIpc) is 3.23. The number of piperidine rings is 1. The maximum Gasteiger partial charge on any atom is 0.156 e. The molecule has 2 N–H and O–H groups in total. The normalized spacial score (nSPS) is 16.7. The van der Waals surface area contributed by atoms with Crippen molar-refractivity contribution in [3.63, 3.8) is 0 Å².